The molecule has 0 amide bonds. The van der Waals surface area contributed by atoms with Crippen LogP contribution in [0.2, 0.25) is 0 Å². The first-order valence-corrected chi connectivity index (χ1v) is 5.28. The molecule has 0 aliphatic carbocycles. The Bertz CT molecular complexity index is 484. The highest BCUT2D eigenvalue weighted by molar-refractivity contribution is 6.16. The molecule has 0 atom stereocenters. The minimum Gasteiger partial charge on any atom is -0.444 e. The van der Waals surface area contributed by atoms with E-state index in [0.717, 1.165) is 0 Å². The minimum absolute atomic E-state index is 0.0906. The van der Waals surface area contributed by atoms with Crippen molar-refractivity contribution in [3.05, 3.63) is 36.2 Å². The largest absolute Gasteiger partial charge is 0.444 e. The second-order valence-corrected chi connectivity index (χ2v) is 3.45. The fourth-order valence-electron chi connectivity index (χ4n) is 1.28. The zero-order chi connectivity index (χ0) is 12.3. The second kappa shape index (κ2) is 5.14. The Labute approximate surface area is 101 Å². The van der Waals surface area contributed by atoms with Crippen LogP contribution in [0, 0.1) is 0 Å². The van der Waals surface area contributed by atoms with E-state index in [9.17, 15) is 8.78 Å². The van der Waals surface area contributed by atoms with E-state index in [2.05, 4.69) is 9.72 Å². The molecule has 0 saturated carbocycles. The summed E-state index contributed by atoms with van der Waals surface area (Å²) >= 11 is 5.58. The lowest BCUT2D eigenvalue weighted by atomic mass is 10.2. The SMILES string of the molecule is FC(F)Oc1ccc(-c2nc(CCl)co2)cc1. The number of halogens is 3. The first-order chi connectivity index (χ1) is 8.19. The molecule has 0 radical (unpaired) electrons. The van der Waals surface area contributed by atoms with Crippen LogP contribution in [0.25, 0.3) is 11.5 Å². The number of alkyl halides is 3. The monoisotopic (exact) mass is 259 g/mol. The number of nitrogens with zero attached hydrogens (tertiary/aromatic N) is 1. The Hall–Kier alpha value is -1.62. The van der Waals surface area contributed by atoms with Crippen molar-refractivity contribution < 1.29 is 17.9 Å². The molecular formula is C11H8ClF2NO2. The molecule has 0 saturated heterocycles. The average Bonchev–Trinajstić information content (AvgIpc) is 2.78. The summed E-state index contributed by atoms with van der Waals surface area (Å²) in [5.74, 6) is 0.743. The van der Waals surface area contributed by atoms with Crippen LogP contribution in [0.4, 0.5) is 8.78 Å². The summed E-state index contributed by atoms with van der Waals surface area (Å²) in [6.07, 6.45) is 1.45. The van der Waals surface area contributed by atoms with Crippen molar-refractivity contribution in [1.82, 2.24) is 4.98 Å². The second-order valence-electron chi connectivity index (χ2n) is 3.18. The number of rotatable bonds is 4. The Morgan fingerprint density at radius 3 is 2.53 bits per heavy atom. The number of hydrogen-bond acceptors (Lipinski definition) is 3. The van der Waals surface area contributed by atoms with E-state index in [1.54, 1.807) is 12.1 Å². The van der Waals surface area contributed by atoms with Crippen molar-refractivity contribution in [1.29, 1.82) is 0 Å². The van der Waals surface area contributed by atoms with Gasteiger partial charge in [-0.15, -0.1) is 11.6 Å². The Morgan fingerprint density at radius 1 is 1.29 bits per heavy atom. The summed E-state index contributed by atoms with van der Waals surface area (Å²) in [5.41, 5.74) is 1.29. The van der Waals surface area contributed by atoms with Gasteiger partial charge in [-0.3, -0.25) is 0 Å². The Kier molecular flexibility index (Phi) is 3.58. The van der Waals surface area contributed by atoms with Gasteiger partial charge in [-0.05, 0) is 24.3 Å². The fourth-order valence-corrected chi connectivity index (χ4v) is 1.40. The van der Waals surface area contributed by atoms with Gasteiger partial charge in [0.25, 0.3) is 0 Å². The van der Waals surface area contributed by atoms with Gasteiger partial charge in [-0.2, -0.15) is 8.78 Å². The molecule has 2 rings (SSSR count). The van der Waals surface area contributed by atoms with Gasteiger partial charge in [-0.25, -0.2) is 4.98 Å². The van der Waals surface area contributed by atoms with E-state index < -0.39 is 6.61 Å². The van der Waals surface area contributed by atoms with Crippen molar-refractivity contribution in [3.8, 4) is 17.2 Å². The topological polar surface area (TPSA) is 35.3 Å². The normalized spacial score (nSPS) is 10.8. The molecule has 0 N–H and O–H groups in total. The molecule has 90 valence electrons. The summed E-state index contributed by atoms with van der Waals surface area (Å²) in [4.78, 5) is 4.10. The van der Waals surface area contributed by atoms with Crippen molar-refractivity contribution in [3.63, 3.8) is 0 Å². The van der Waals surface area contributed by atoms with Crippen LogP contribution in [0.15, 0.2) is 34.9 Å². The predicted molar refractivity (Wildman–Crippen MR) is 58.1 cm³/mol. The van der Waals surface area contributed by atoms with E-state index in [1.165, 1.54) is 18.4 Å². The van der Waals surface area contributed by atoms with Crippen molar-refractivity contribution in [2.24, 2.45) is 0 Å². The van der Waals surface area contributed by atoms with Gasteiger partial charge in [0.05, 0.1) is 11.6 Å². The molecule has 1 heterocycles. The van der Waals surface area contributed by atoms with Crippen molar-refractivity contribution in [2.45, 2.75) is 12.5 Å². The summed E-state index contributed by atoms with van der Waals surface area (Å²) in [6.45, 7) is -2.83. The molecule has 0 unspecified atom stereocenters. The lowest BCUT2D eigenvalue weighted by Gasteiger charge is -2.03. The average molecular weight is 260 g/mol. The van der Waals surface area contributed by atoms with Gasteiger partial charge < -0.3 is 9.15 Å². The summed E-state index contributed by atoms with van der Waals surface area (Å²) in [7, 11) is 0. The van der Waals surface area contributed by atoms with Crippen LogP contribution in [0.5, 0.6) is 5.75 Å². The lowest BCUT2D eigenvalue weighted by molar-refractivity contribution is -0.0498. The summed E-state index contributed by atoms with van der Waals surface area (Å²) in [6, 6.07) is 6.02. The third kappa shape index (κ3) is 2.94. The van der Waals surface area contributed by atoms with Crippen LogP contribution in [0.3, 0.4) is 0 Å². The van der Waals surface area contributed by atoms with Gasteiger partial charge in [0.2, 0.25) is 5.89 Å². The molecule has 6 heteroatoms. The number of hydrogen-bond donors (Lipinski definition) is 0. The standard InChI is InChI=1S/C11H8ClF2NO2/c12-5-8-6-16-10(15-8)7-1-3-9(4-2-7)17-11(13)14/h1-4,6,11H,5H2. The maximum atomic E-state index is 11.9. The van der Waals surface area contributed by atoms with Crippen LogP contribution >= 0.6 is 11.6 Å². The van der Waals surface area contributed by atoms with Crippen LogP contribution in [-0.4, -0.2) is 11.6 Å². The molecule has 0 aliphatic rings. The molecule has 1 aromatic heterocycles. The van der Waals surface area contributed by atoms with Crippen molar-refractivity contribution >= 4 is 11.6 Å². The van der Waals surface area contributed by atoms with Gasteiger partial charge in [-0.1, -0.05) is 0 Å². The van der Waals surface area contributed by atoms with Crippen LogP contribution < -0.4 is 4.74 Å². The Morgan fingerprint density at radius 2 is 2.00 bits per heavy atom. The molecule has 17 heavy (non-hydrogen) atoms. The van der Waals surface area contributed by atoms with E-state index in [4.69, 9.17) is 16.0 Å². The Balaban J connectivity index is 2.17. The maximum absolute atomic E-state index is 11.9. The van der Waals surface area contributed by atoms with E-state index in [-0.39, 0.29) is 11.6 Å². The molecule has 0 fully saturated rings. The van der Waals surface area contributed by atoms with Gasteiger partial charge in [0.15, 0.2) is 0 Å². The highest BCUT2D eigenvalue weighted by atomic mass is 35.5. The molecule has 1 aromatic carbocycles. The first kappa shape index (κ1) is 11.9. The number of ether oxygens (including phenoxy) is 1. The van der Waals surface area contributed by atoms with Crippen LogP contribution in [0.1, 0.15) is 5.69 Å². The number of oxazole rings is 1. The van der Waals surface area contributed by atoms with Crippen LogP contribution in [-0.2, 0) is 5.88 Å². The number of aromatic nitrogens is 1. The highest BCUT2D eigenvalue weighted by Gasteiger charge is 2.08. The summed E-state index contributed by atoms with van der Waals surface area (Å²) < 4.78 is 33.3. The molecule has 2 aromatic rings. The molecule has 0 spiro atoms. The third-order valence-electron chi connectivity index (χ3n) is 2.02. The molecular weight excluding hydrogens is 252 g/mol. The fraction of sp³-hybridized carbons (Fsp3) is 0.182. The van der Waals surface area contributed by atoms with Gasteiger partial charge in [0.1, 0.15) is 12.0 Å². The molecule has 0 aliphatic heterocycles. The predicted octanol–water partition coefficient (Wildman–Crippen LogP) is 3.68. The zero-order valence-corrected chi connectivity index (χ0v) is 9.32. The minimum atomic E-state index is -2.83. The highest BCUT2D eigenvalue weighted by Crippen LogP contribution is 2.23. The quantitative estimate of drug-likeness (QED) is 0.786. The number of benzene rings is 1. The maximum Gasteiger partial charge on any atom is 0.387 e. The van der Waals surface area contributed by atoms with E-state index >= 15 is 0 Å². The van der Waals surface area contributed by atoms with E-state index in [1.807, 2.05) is 0 Å². The summed E-state index contributed by atoms with van der Waals surface area (Å²) in [5, 5.41) is 0. The molecule has 3 nitrogen and oxygen atoms in total. The molecule has 0 bridgehead atoms. The lowest BCUT2D eigenvalue weighted by Crippen LogP contribution is -2.01. The van der Waals surface area contributed by atoms with Gasteiger partial charge in [0, 0.05) is 5.56 Å². The van der Waals surface area contributed by atoms with E-state index in [0.29, 0.717) is 17.1 Å². The smallest absolute Gasteiger partial charge is 0.387 e. The van der Waals surface area contributed by atoms with Crippen molar-refractivity contribution in [2.75, 3.05) is 0 Å². The first-order valence-electron chi connectivity index (χ1n) is 4.74. The zero-order valence-electron chi connectivity index (χ0n) is 8.57. The van der Waals surface area contributed by atoms with Gasteiger partial charge >= 0.3 is 6.61 Å². The third-order valence-corrected chi connectivity index (χ3v) is 2.29.